The SMILES string of the molecule is CN=C(NCc1ccc(C(=O)NCC(N)=O)cc1)NC(C)CCCC(C)C.I. The molecular weight excluding hydrogens is 469 g/mol. The molecule has 1 unspecified atom stereocenters. The lowest BCUT2D eigenvalue weighted by Crippen LogP contribution is -2.41. The van der Waals surface area contributed by atoms with Gasteiger partial charge in [0.25, 0.3) is 5.91 Å². The maximum atomic E-state index is 11.9. The first-order valence-corrected chi connectivity index (χ1v) is 9.44. The van der Waals surface area contributed by atoms with Crippen LogP contribution in [0.15, 0.2) is 29.3 Å². The second-order valence-corrected chi connectivity index (χ2v) is 7.14. The number of rotatable bonds is 10. The molecule has 8 heteroatoms. The number of amides is 2. The number of primary amides is 1. The van der Waals surface area contributed by atoms with E-state index in [2.05, 4.69) is 41.7 Å². The Balaban J connectivity index is 0.00000729. The van der Waals surface area contributed by atoms with E-state index in [1.165, 1.54) is 12.8 Å². The molecule has 0 aliphatic carbocycles. The third-order valence-corrected chi connectivity index (χ3v) is 4.12. The summed E-state index contributed by atoms with van der Waals surface area (Å²) >= 11 is 0. The monoisotopic (exact) mass is 503 g/mol. The first-order valence-electron chi connectivity index (χ1n) is 9.44. The van der Waals surface area contributed by atoms with Crippen molar-refractivity contribution in [3.05, 3.63) is 35.4 Å². The highest BCUT2D eigenvalue weighted by molar-refractivity contribution is 14.0. The van der Waals surface area contributed by atoms with Crippen molar-refractivity contribution in [2.45, 2.75) is 52.6 Å². The largest absolute Gasteiger partial charge is 0.368 e. The van der Waals surface area contributed by atoms with Crippen molar-refractivity contribution in [1.29, 1.82) is 0 Å². The fourth-order valence-corrected chi connectivity index (χ4v) is 2.56. The van der Waals surface area contributed by atoms with Gasteiger partial charge in [-0.25, -0.2) is 0 Å². The molecule has 1 aromatic rings. The predicted octanol–water partition coefficient (Wildman–Crippen LogP) is 2.40. The van der Waals surface area contributed by atoms with Gasteiger partial charge < -0.3 is 21.7 Å². The van der Waals surface area contributed by atoms with Crippen LogP contribution in [-0.4, -0.2) is 37.4 Å². The van der Waals surface area contributed by atoms with Gasteiger partial charge in [-0.1, -0.05) is 38.8 Å². The lowest BCUT2D eigenvalue weighted by Gasteiger charge is -2.18. The molecule has 0 saturated heterocycles. The fraction of sp³-hybridized carbons (Fsp3) is 0.550. The molecule has 0 aliphatic rings. The van der Waals surface area contributed by atoms with Gasteiger partial charge in [-0.3, -0.25) is 14.6 Å². The minimum atomic E-state index is -0.568. The summed E-state index contributed by atoms with van der Waals surface area (Å²) in [5.74, 6) is 0.605. The number of carbonyl (C=O) groups excluding carboxylic acids is 2. The number of hydrogen-bond donors (Lipinski definition) is 4. The first-order chi connectivity index (χ1) is 12.8. The molecule has 5 N–H and O–H groups in total. The summed E-state index contributed by atoms with van der Waals surface area (Å²) in [6, 6.07) is 7.53. The highest BCUT2D eigenvalue weighted by atomic mass is 127. The number of carbonyl (C=O) groups is 2. The van der Waals surface area contributed by atoms with Crippen LogP contribution in [0.1, 0.15) is 56.0 Å². The van der Waals surface area contributed by atoms with Crippen LogP contribution in [0, 0.1) is 5.92 Å². The van der Waals surface area contributed by atoms with E-state index in [1.807, 2.05) is 12.1 Å². The van der Waals surface area contributed by atoms with Crippen LogP contribution in [-0.2, 0) is 11.3 Å². The second kappa shape index (κ2) is 14.2. The van der Waals surface area contributed by atoms with Crippen molar-refractivity contribution < 1.29 is 9.59 Å². The van der Waals surface area contributed by atoms with E-state index in [-0.39, 0.29) is 36.4 Å². The standard InChI is InChI=1S/C20H33N5O2.HI/c1-14(2)6-5-7-15(3)25-20(22-4)24-12-16-8-10-17(11-9-16)19(27)23-13-18(21)26;/h8-11,14-15H,5-7,12-13H2,1-4H3,(H2,21,26)(H,23,27)(H2,22,24,25);1H. The Labute approximate surface area is 185 Å². The van der Waals surface area contributed by atoms with Crippen LogP contribution < -0.4 is 21.7 Å². The molecule has 0 aliphatic heterocycles. The van der Waals surface area contributed by atoms with E-state index >= 15 is 0 Å². The highest BCUT2D eigenvalue weighted by Crippen LogP contribution is 2.08. The smallest absolute Gasteiger partial charge is 0.251 e. The minimum absolute atomic E-state index is 0. The van der Waals surface area contributed by atoms with Crippen molar-refractivity contribution >= 4 is 41.8 Å². The Morgan fingerprint density at radius 1 is 1.07 bits per heavy atom. The number of halogens is 1. The van der Waals surface area contributed by atoms with Gasteiger partial charge in [0.1, 0.15) is 0 Å². The fourth-order valence-electron chi connectivity index (χ4n) is 2.56. The summed E-state index contributed by atoms with van der Waals surface area (Å²) in [4.78, 5) is 26.8. The maximum absolute atomic E-state index is 11.9. The average Bonchev–Trinajstić information content (AvgIpc) is 2.63. The van der Waals surface area contributed by atoms with Gasteiger partial charge in [0.05, 0.1) is 6.54 Å². The Morgan fingerprint density at radius 3 is 2.25 bits per heavy atom. The quantitative estimate of drug-likeness (QED) is 0.223. The third-order valence-electron chi connectivity index (χ3n) is 4.12. The number of nitrogens with one attached hydrogen (secondary N) is 3. The molecule has 1 rings (SSSR count). The van der Waals surface area contributed by atoms with E-state index < -0.39 is 5.91 Å². The molecule has 0 bridgehead atoms. The van der Waals surface area contributed by atoms with E-state index in [4.69, 9.17) is 5.73 Å². The van der Waals surface area contributed by atoms with Gasteiger partial charge >= 0.3 is 0 Å². The van der Waals surface area contributed by atoms with E-state index in [0.717, 1.165) is 23.9 Å². The summed E-state index contributed by atoms with van der Waals surface area (Å²) in [6.45, 7) is 7.07. The van der Waals surface area contributed by atoms with Gasteiger partial charge in [-0.05, 0) is 37.0 Å². The number of hydrogen-bond acceptors (Lipinski definition) is 3. The molecule has 7 nitrogen and oxygen atoms in total. The van der Waals surface area contributed by atoms with Gasteiger partial charge in [0, 0.05) is 25.2 Å². The molecule has 1 atom stereocenters. The molecule has 0 heterocycles. The number of nitrogens with zero attached hydrogens (tertiary/aromatic N) is 1. The summed E-state index contributed by atoms with van der Waals surface area (Å²) in [7, 11) is 1.75. The van der Waals surface area contributed by atoms with E-state index in [1.54, 1.807) is 19.2 Å². The Morgan fingerprint density at radius 2 is 1.71 bits per heavy atom. The predicted molar refractivity (Wildman–Crippen MR) is 125 cm³/mol. The van der Waals surface area contributed by atoms with Crippen molar-refractivity contribution in [3.8, 4) is 0 Å². The molecule has 0 radical (unpaired) electrons. The lowest BCUT2D eigenvalue weighted by atomic mass is 10.0. The normalized spacial score (nSPS) is 12.1. The van der Waals surface area contributed by atoms with Gasteiger partial charge in [0.2, 0.25) is 5.91 Å². The van der Waals surface area contributed by atoms with Crippen molar-refractivity contribution in [2.24, 2.45) is 16.6 Å². The van der Waals surface area contributed by atoms with Gasteiger partial charge in [-0.15, -0.1) is 24.0 Å². The zero-order valence-corrected chi connectivity index (χ0v) is 19.6. The third kappa shape index (κ3) is 11.1. The highest BCUT2D eigenvalue weighted by Gasteiger charge is 2.08. The Kier molecular flexibility index (Phi) is 13.3. The molecule has 0 spiro atoms. The molecule has 0 fully saturated rings. The van der Waals surface area contributed by atoms with Crippen LogP contribution in [0.5, 0.6) is 0 Å². The molecule has 158 valence electrons. The van der Waals surface area contributed by atoms with E-state index in [9.17, 15) is 9.59 Å². The zero-order valence-electron chi connectivity index (χ0n) is 17.2. The molecule has 28 heavy (non-hydrogen) atoms. The molecular formula is C20H34IN5O2. The van der Waals surface area contributed by atoms with Crippen LogP contribution in [0.4, 0.5) is 0 Å². The van der Waals surface area contributed by atoms with Crippen LogP contribution in [0.3, 0.4) is 0 Å². The second-order valence-electron chi connectivity index (χ2n) is 7.14. The molecule has 0 saturated carbocycles. The number of nitrogens with two attached hydrogens (primary N) is 1. The molecule has 1 aromatic carbocycles. The zero-order chi connectivity index (χ0) is 20.2. The number of guanidine groups is 1. The van der Waals surface area contributed by atoms with Gasteiger partial charge in [0.15, 0.2) is 5.96 Å². The summed E-state index contributed by atoms with van der Waals surface area (Å²) in [6.07, 6.45) is 3.54. The van der Waals surface area contributed by atoms with Crippen molar-refractivity contribution in [1.82, 2.24) is 16.0 Å². The first kappa shape index (κ1) is 26.2. The Bertz CT molecular complexity index is 632. The molecule has 2 amide bonds. The topological polar surface area (TPSA) is 109 Å². The van der Waals surface area contributed by atoms with Crippen LogP contribution in [0.2, 0.25) is 0 Å². The van der Waals surface area contributed by atoms with Crippen LogP contribution in [0.25, 0.3) is 0 Å². The Hall–Kier alpha value is -1.84. The number of aliphatic imine (C=N–C) groups is 1. The minimum Gasteiger partial charge on any atom is -0.368 e. The van der Waals surface area contributed by atoms with Crippen LogP contribution >= 0.6 is 24.0 Å². The van der Waals surface area contributed by atoms with E-state index in [0.29, 0.717) is 18.2 Å². The van der Waals surface area contributed by atoms with Crippen molar-refractivity contribution in [2.75, 3.05) is 13.6 Å². The van der Waals surface area contributed by atoms with Crippen molar-refractivity contribution in [3.63, 3.8) is 0 Å². The summed E-state index contributed by atoms with van der Waals surface area (Å²) in [5, 5.41) is 9.14. The number of benzene rings is 1. The lowest BCUT2D eigenvalue weighted by molar-refractivity contribution is -0.117. The van der Waals surface area contributed by atoms with Gasteiger partial charge in [-0.2, -0.15) is 0 Å². The average molecular weight is 503 g/mol. The molecule has 0 aromatic heterocycles. The summed E-state index contributed by atoms with van der Waals surface area (Å²) in [5.41, 5.74) is 6.53. The maximum Gasteiger partial charge on any atom is 0.251 e. The summed E-state index contributed by atoms with van der Waals surface area (Å²) < 4.78 is 0.